The minimum atomic E-state index is -3.60. The summed E-state index contributed by atoms with van der Waals surface area (Å²) in [6, 6.07) is 6.22. The van der Waals surface area contributed by atoms with Crippen molar-refractivity contribution in [2.45, 2.75) is 0 Å². The number of hydrogen-bond donors (Lipinski definition) is 1. The van der Waals surface area contributed by atoms with Crippen molar-refractivity contribution in [1.29, 1.82) is 0 Å². The Morgan fingerprint density at radius 2 is 1.77 bits per heavy atom. The van der Waals surface area contributed by atoms with E-state index >= 15 is 0 Å². The van der Waals surface area contributed by atoms with Crippen LogP contribution in [0.5, 0.6) is 11.5 Å². The van der Waals surface area contributed by atoms with E-state index in [9.17, 15) is 4.21 Å². The molecule has 1 unspecified atom stereocenters. The van der Waals surface area contributed by atoms with Crippen LogP contribution in [-0.2, 0) is 20.2 Å². The first-order chi connectivity index (χ1) is 6.01. The van der Waals surface area contributed by atoms with Gasteiger partial charge in [-0.25, -0.2) is 0 Å². The van der Waals surface area contributed by atoms with Crippen molar-refractivity contribution in [3.8, 4) is 11.5 Å². The first kappa shape index (κ1) is 10.2. The highest BCUT2D eigenvalue weighted by Crippen LogP contribution is 2.17. The van der Waals surface area contributed by atoms with Crippen molar-refractivity contribution in [3.63, 3.8) is 0 Å². The molecule has 0 aliphatic carbocycles. The molecule has 72 valence electrons. The van der Waals surface area contributed by atoms with Gasteiger partial charge in [0.1, 0.15) is 11.5 Å². The van der Waals surface area contributed by atoms with Crippen molar-refractivity contribution in [1.82, 2.24) is 0 Å². The van der Waals surface area contributed by atoms with E-state index in [1.54, 1.807) is 12.1 Å². The largest absolute Gasteiger partial charge is 0.497 e. The Kier molecular flexibility index (Phi) is 3.07. The summed E-state index contributed by atoms with van der Waals surface area (Å²) in [6.45, 7) is 0. The monoisotopic (exact) mass is 220 g/mol. The van der Waals surface area contributed by atoms with Crippen LogP contribution in [0.2, 0.25) is 0 Å². The summed E-state index contributed by atoms with van der Waals surface area (Å²) in [4.78, 5) is 0. The smallest absolute Gasteiger partial charge is 0.311 e. The van der Waals surface area contributed by atoms with Crippen molar-refractivity contribution in [2.75, 3.05) is 7.11 Å². The van der Waals surface area contributed by atoms with Crippen LogP contribution in [0.4, 0.5) is 0 Å². The predicted octanol–water partition coefficient (Wildman–Crippen LogP) is 1.21. The van der Waals surface area contributed by atoms with Gasteiger partial charge in [0.05, 0.1) is 18.3 Å². The van der Waals surface area contributed by atoms with E-state index in [1.165, 1.54) is 19.2 Å². The van der Waals surface area contributed by atoms with Gasteiger partial charge in [0.2, 0.25) is 0 Å². The molecule has 0 amide bonds. The van der Waals surface area contributed by atoms with Crippen LogP contribution in [0, 0.1) is 0 Å². The summed E-state index contributed by atoms with van der Waals surface area (Å²) in [5.41, 5.74) is 0. The normalized spacial score (nSPS) is 14.6. The molecule has 13 heavy (non-hydrogen) atoms. The maximum atomic E-state index is 10.6. The molecular formula is C7H8O4S2. The fourth-order valence-corrected chi connectivity index (χ4v) is 1.34. The van der Waals surface area contributed by atoms with Gasteiger partial charge in [0, 0.05) is 0 Å². The molecule has 0 spiro atoms. The second kappa shape index (κ2) is 3.91. The molecule has 1 N–H and O–H groups in total. The highest BCUT2D eigenvalue weighted by Gasteiger charge is 2.02. The zero-order valence-corrected chi connectivity index (χ0v) is 8.43. The van der Waals surface area contributed by atoms with Gasteiger partial charge >= 0.3 is 9.05 Å². The molecule has 1 atom stereocenters. The van der Waals surface area contributed by atoms with E-state index in [0.29, 0.717) is 5.75 Å². The number of methoxy groups -OCH3 is 1. The molecule has 0 aliphatic rings. The van der Waals surface area contributed by atoms with Crippen LogP contribution in [0.25, 0.3) is 0 Å². The summed E-state index contributed by atoms with van der Waals surface area (Å²) >= 11 is 4.16. The van der Waals surface area contributed by atoms with E-state index in [2.05, 4.69) is 15.4 Å². The minimum Gasteiger partial charge on any atom is -0.497 e. The van der Waals surface area contributed by atoms with E-state index in [0.717, 1.165) is 0 Å². The first-order valence-electron chi connectivity index (χ1n) is 3.32. The van der Waals surface area contributed by atoms with E-state index in [4.69, 9.17) is 9.29 Å². The Morgan fingerprint density at radius 3 is 2.15 bits per heavy atom. The van der Waals surface area contributed by atoms with Crippen molar-refractivity contribution >= 4 is 20.2 Å². The molecule has 1 aromatic rings. The molecule has 0 radical (unpaired) electrons. The zero-order chi connectivity index (χ0) is 9.90. The van der Waals surface area contributed by atoms with Gasteiger partial charge in [-0.05, 0) is 24.3 Å². The van der Waals surface area contributed by atoms with Gasteiger partial charge in [-0.1, -0.05) is 0 Å². The van der Waals surface area contributed by atoms with Gasteiger partial charge in [-0.3, -0.25) is 4.55 Å². The lowest BCUT2D eigenvalue weighted by molar-refractivity contribution is 0.413. The second-order valence-electron chi connectivity index (χ2n) is 2.19. The molecule has 0 bridgehead atoms. The molecule has 4 nitrogen and oxygen atoms in total. The van der Waals surface area contributed by atoms with Crippen molar-refractivity contribution < 1.29 is 17.7 Å². The summed E-state index contributed by atoms with van der Waals surface area (Å²) < 4.78 is 28.7. The maximum absolute atomic E-state index is 10.6. The van der Waals surface area contributed by atoms with Crippen LogP contribution in [-0.4, -0.2) is 15.9 Å². The number of rotatable bonds is 3. The van der Waals surface area contributed by atoms with E-state index < -0.39 is 9.05 Å². The first-order valence-corrected chi connectivity index (χ1v) is 5.69. The van der Waals surface area contributed by atoms with E-state index in [1.807, 2.05) is 0 Å². The minimum absolute atomic E-state index is 0.239. The van der Waals surface area contributed by atoms with Crippen molar-refractivity contribution in [3.05, 3.63) is 24.3 Å². The highest BCUT2D eigenvalue weighted by atomic mass is 32.9. The van der Waals surface area contributed by atoms with Gasteiger partial charge in [-0.2, -0.15) is 4.21 Å². The Balaban J connectivity index is 2.81. The highest BCUT2D eigenvalue weighted by molar-refractivity contribution is 8.27. The molecule has 1 rings (SSSR count). The fourth-order valence-electron chi connectivity index (χ4n) is 0.753. The fraction of sp³-hybridized carbons (Fsp3) is 0.143. The predicted molar refractivity (Wildman–Crippen MR) is 51.8 cm³/mol. The Labute approximate surface area is 81.2 Å². The molecule has 0 heterocycles. The molecule has 0 aromatic heterocycles. The quantitative estimate of drug-likeness (QED) is 0.829. The number of hydrogen-bond acceptors (Lipinski definition) is 4. The molecule has 1 aromatic carbocycles. The lowest BCUT2D eigenvalue weighted by Gasteiger charge is -2.03. The third-order valence-electron chi connectivity index (χ3n) is 1.26. The topological polar surface area (TPSA) is 55.8 Å². The van der Waals surface area contributed by atoms with Crippen LogP contribution in [0.1, 0.15) is 0 Å². The third-order valence-corrected chi connectivity index (χ3v) is 1.87. The molecule has 6 heteroatoms. The molecule has 0 saturated heterocycles. The maximum Gasteiger partial charge on any atom is 0.311 e. The van der Waals surface area contributed by atoms with Crippen molar-refractivity contribution in [2.24, 2.45) is 0 Å². The average molecular weight is 220 g/mol. The van der Waals surface area contributed by atoms with Gasteiger partial charge < -0.3 is 8.92 Å². The summed E-state index contributed by atoms with van der Waals surface area (Å²) in [5, 5.41) is 0. The third kappa shape index (κ3) is 3.58. The van der Waals surface area contributed by atoms with Gasteiger partial charge in [-0.15, -0.1) is 0 Å². The standard InChI is InChI=1S/C7H8O4S2/c1-10-6-2-4-7(5-3-6)11-13(8,9)12/h2-5H,1H3,(H,8,9,12). The van der Waals surface area contributed by atoms with Crippen LogP contribution in [0.3, 0.4) is 0 Å². The Bertz CT molecular complexity index is 368. The SMILES string of the molecule is COc1ccc(OS(=O)(O)=S)cc1. The Hall–Kier alpha value is -0.850. The second-order valence-corrected chi connectivity index (χ2v) is 4.47. The summed E-state index contributed by atoms with van der Waals surface area (Å²) in [5.74, 6) is 0.879. The summed E-state index contributed by atoms with van der Waals surface area (Å²) in [7, 11) is -2.08. The molecule has 0 aliphatic heterocycles. The zero-order valence-electron chi connectivity index (χ0n) is 6.80. The molecule has 0 fully saturated rings. The average Bonchev–Trinajstić information content (AvgIpc) is 2.03. The Morgan fingerprint density at radius 1 is 1.31 bits per heavy atom. The lowest BCUT2D eigenvalue weighted by atomic mass is 10.3. The molecule has 0 saturated carbocycles. The number of benzene rings is 1. The van der Waals surface area contributed by atoms with Crippen LogP contribution >= 0.6 is 0 Å². The van der Waals surface area contributed by atoms with Crippen LogP contribution in [0.15, 0.2) is 24.3 Å². The van der Waals surface area contributed by atoms with Gasteiger partial charge in [0.25, 0.3) is 0 Å². The van der Waals surface area contributed by atoms with Crippen LogP contribution < -0.4 is 8.92 Å². The number of ether oxygens (including phenoxy) is 1. The van der Waals surface area contributed by atoms with Gasteiger partial charge in [0.15, 0.2) is 0 Å². The summed E-state index contributed by atoms with van der Waals surface area (Å²) in [6.07, 6.45) is 0. The molecular weight excluding hydrogens is 212 g/mol. The lowest BCUT2D eigenvalue weighted by Crippen LogP contribution is -2.04. The van der Waals surface area contributed by atoms with E-state index in [-0.39, 0.29) is 5.75 Å².